The van der Waals surface area contributed by atoms with Crippen LogP contribution in [0.25, 0.3) is 22.2 Å². The summed E-state index contributed by atoms with van der Waals surface area (Å²) < 4.78 is 21.5. The highest BCUT2D eigenvalue weighted by atomic mass is 19.1. The molecule has 0 fully saturated rings. The van der Waals surface area contributed by atoms with Crippen molar-refractivity contribution in [3.8, 4) is 11.1 Å². The van der Waals surface area contributed by atoms with Crippen LogP contribution in [0.4, 0.5) is 10.1 Å². The lowest BCUT2D eigenvalue weighted by molar-refractivity contribution is -0.116. The van der Waals surface area contributed by atoms with Gasteiger partial charge in [0.2, 0.25) is 5.91 Å². The number of nitrogens with zero attached hydrogens (tertiary/aromatic N) is 3. The van der Waals surface area contributed by atoms with Crippen LogP contribution >= 0.6 is 0 Å². The van der Waals surface area contributed by atoms with Crippen molar-refractivity contribution in [2.75, 3.05) is 19.0 Å². The van der Waals surface area contributed by atoms with Crippen molar-refractivity contribution >= 4 is 22.6 Å². The first-order valence-electron chi connectivity index (χ1n) is 9.75. The van der Waals surface area contributed by atoms with Crippen LogP contribution in [0.15, 0.2) is 71.9 Å². The SMILES string of the molecule is COCCn1cnc2c(-c3ccccc3)cn(CC(=O)Nc3cccc(F)c3)c2c1=O. The topological polar surface area (TPSA) is 78.2 Å². The number of fused-ring (bicyclic) bond motifs is 1. The fraction of sp³-hybridized carbons (Fsp3) is 0.174. The number of nitrogens with one attached hydrogen (secondary N) is 1. The lowest BCUT2D eigenvalue weighted by atomic mass is 10.1. The standard InChI is InChI=1S/C23H21FN4O3/c1-31-11-10-27-15-25-21-19(16-6-3-2-4-7-16)13-28(22(21)23(27)30)14-20(29)26-18-9-5-8-17(24)12-18/h2-9,12-13,15H,10-11,14H2,1H3,(H,26,29). The number of ether oxygens (including phenoxy) is 1. The van der Waals surface area contributed by atoms with Gasteiger partial charge in [-0.1, -0.05) is 36.4 Å². The molecule has 0 saturated carbocycles. The lowest BCUT2D eigenvalue weighted by Crippen LogP contribution is -2.26. The van der Waals surface area contributed by atoms with Crippen LogP contribution in [0.1, 0.15) is 0 Å². The second kappa shape index (κ2) is 8.93. The predicted molar refractivity (Wildman–Crippen MR) is 116 cm³/mol. The average molecular weight is 420 g/mol. The van der Waals surface area contributed by atoms with E-state index in [1.165, 1.54) is 29.1 Å². The number of methoxy groups -OCH3 is 1. The van der Waals surface area contributed by atoms with Gasteiger partial charge in [0.25, 0.3) is 5.56 Å². The van der Waals surface area contributed by atoms with Crippen molar-refractivity contribution in [3.63, 3.8) is 0 Å². The van der Waals surface area contributed by atoms with Gasteiger partial charge in [-0.3, -0.25) is 14.2 Å². The molecule has 0 aliphatic heterocycles. The molecule has 0 aliphatic carbocycles. The zero-order chi connectivity index (χ0) is 21.8. The Hall–Kier alpha value is -3.78. The van der Waals surface area contributed by atoms with Crippen molar-refractivity contribution in [3.05, 3.63) is 83.3 Å². The van der Waals surface area contributed by atoms with Gasteiger partial charge >= 0.3 is 0 Å². The van der Waals surface area contributed by atoms with Crippen LogP contribution in [0.2, 0.25) is 0 Å². The minimum Gasteiger partial charge on any atom is -0.383 e. The molecular formula is C23H21FN4O3. The molecule has 4 rings (SSSR count). The van der Waals surface area contributed by atoms with Crippen LogP contribution < -0.4 is 10.9 Å². The minimum atomic E-state index is -0.444. The Labute approximate surface area is 177 Å². The molecular weight excluding hydrogens is 399 g/mol. The van der Waals surface area contributed by atoms with E-state index in [0.29, 0.717) is 29.9 Å². The number of amides is 1. The molecule has 0 aliphatic rings. The minimum absolute atomic E-state index is 0.120. The number of hydrogen-bond donors (Lipinski definition) is 1. The van der Waals surface area contributed by atoms with E-state index >= 15 is 0 Å². The van der Waals surface area contributed by atoms with Crippen LogP contribution in [0.5, 0.6) is 0 Å². The quantitative estimate of drug-likeness (QED) is 0.498. The first kappa shape index (κ1) is 20.5. The first-order chi connectivity index (χ1) is 15.1. The van der Waals surface area contributed by atoms with Gasteiger partial charge in [-0.25, -0.2) is 9.37 Å². The Morgan fingerprint density at radius 2 is 1.94 bits per heavy atom. The number of hydrogen-bond acceptors (Lipinski definition) is 4. The summed E-state index contributed by atoms with van der Waals surface area (Å²) in [4.78, 5) is 30.3. The Morgan fingerprint density at radius 3 is 2.68 bits per heavy atom. The summed E-state index contributed by atoms with van der Waals surface area (Å²) in [7, 11) is 1.56. The Balaban J connectivity index is 1.75. The van der Waals surface area contributed by atoms with Gasteiger partial charge in [-0.05, 0) is 23.8 Å². The summed E-state index contributed by atoms with van der Waals surface area (Å²) >= 11 is 0. The van der Waals surface area contributed by atoms with Crippen molar-refractivity contribution in [1.29, 1.82) is 0 Å². The third-order valence-corrected chi connectivity index (χ3v) is 4.88. The fourth-order valence-electron chi connectivity index (χ4n) is 3.44. The van der Waals surface area contributed by atoms with Gasteiger partial charge in [0, 0.05) is 24.6 Å². The molecule has 0 atom stereocenters. The zero-order valence-corrected chi connectivity index (χ0v) is 16.9. The van der Waals surface area contributed by atoms with E-state index in [2.05, 4.69) is 10.3 Å². The van der Waals surface area contributed by atoms with Gasteiger partial charge < -0.3 is 14.6 Å². The molecule has 31 heavy (non-hydrogen) atoms. The highest BCUT2D eigenvalue weighted by Crippen LogP contribution is 2.27. The van der Waals surface area contributed by atoms with E-state index in [4.69, 9.17) is 4.74 Å². The number of benzene rings is 2. The zero-order valence-electron chi connectivity index (χ0n) is 16.9. The number of aromatic nitrogens is 3. The maximum absolute atomic E-state index is 13.4. The third kappa shape index (κ3) is 4.39. The van der Waals surface area contributed by atoms with Crippen molar-refractivity contribution in [2.45, 2.75) is 13.1 Å². The number of halogens is 1. The molecule has 2 aromatic carbocycles. The molecule has 2 aromatic heterocycles. The molecule has 4 aromatic rings. The maximum Gasteiger partial charge on any atom is 0.277 e. The van der Waals surface area contributed by atoms with E-state index in [0.717, 1.165) is 11.1 Å². The van der Waals surface area contributed by atoms with Crippen molar-refractivity contribution in [1.82, 2.24) is 14.1 Å². The molecule has 158 valence electrons. The molecule has 0 saturated heterocycles. The number of rotatable bonds is 7. The van der Waals surface area contributed by atoms with Gasteiger partial charge in [0.15, 0.2) is 0 Å². The van der Waals surface area contributed by atoms with Gasteiger partial charge in [0.1, 0.15) is 23.4 Å². The van der Waals surface area contributed by atoms with Crippen molar-refractivity contribution in [2.24, 2.45) is 0 Å². The molecule has 0 spiro atoms. The van der Waals surface area contributed by atoms with Gasteiger partial charge in [-0.15, -0.1) is 0 Å². The van der Waals surface area contributed by atoms with E-state index in [1.54, 1.807) is 23.9 Å². The van der Waals surface area contributed by atoms with E-state index in [1.807, 2.05) is 30.3 Å². The van der Waals surface area contributed by atoms with E-state index in [9.17, 15) is 14.0 Å². The summed E-state index contributed by atoms with van der Waals surface area (Å²) in [6.07, 6.45) is 3.24. The lowest BCUT2D eigenvalue weighted by Gasteiger charge is -2.09. The monoisotopic (exact) mass is 420 g/mol. The molecule has 7 nitrogen and oxygen atoms in total. The smallest absolute Gasteiger partial charge is 0.277 e. The molecule has 0 radical (unpaired) electrons. The Morgan fingerprint density at radius 1 is 1.13 bits per heavy atom. The fourth-order valence-corrected chi connectivity index (χ4v) is 3.44. The molecule has 1 N–H and O–H groups in total. The Kier molecular flexibility index (Phi) is 5.90. The number of anilines is 1. The van der Waals surface area contributed by atoms with Gasteiger partial charge in [-0.2, -0.15) is 0 Å². The summed E-state index contributed by atoms with van der Waals surface area (Å²) in [5, 5.41) is 2.66. The predicted octanol–water partition coefficient (Wildman–Crippen LogP) is 3.29. The normalized spacial score (nSPS) is 11.0. The van der Waals surface area contributed by atoms with Crippen LogP contribution in [-0.2, 0) is 22.6 Å². The summed E-state index contributed by atoms with van der Waals surface area (Å²) in [6.45, 7) is 0.587. The second-order valence-electron chi connectivity index (χ2n) is 7.03. The van der Waals surface area contributed by atoms with E-state index < -0.39 is 5.82 Å². The molecule has 0 unspecified atom stereocenters. The first-order valence-corrected chi connectivity index (χ1v) is 9.75. The Bertz CT molecular complexity index is 1280. The number of carbonyl (C=O) groups is 1. The van der Waals surface area contributed by atoms with E-state index in [-0.39, 0.29) is 18.0 Å². The molecule has 2 heterocycles. The van der Waals surface area contributed by atoms with Crippen LogP contribution in [0, 0.1) is 5.82 Å². The summed E-state index contributed by atoms with van der Waals surface area (Å²) in [5.41, 5.74) is 2.57. The molecule has 0 bridgehead atoms. The summed E-state index contributed by atoms with van der Waals surface area (Å²) in [6, 6.07) is 15.2. The largest absolute Gasteiger partial charge is 0.383 e. The number of carbonyl (C=O) groups excluding carboxylic acids is 1. The van der Waals surface area contributed by atoms with Gasteiger partial charge in [0.05, 0.1) is 19.5 Å². The van der Waals surface area contributed by atoms with Crippen LogP contribution in [-0.4, -0.2) is 33.7 Å². The average Bonchev–Trinajstić information content (AvgIpc) is 3.13. The highest BCUT2D eigenvalue weighted by Gasteiger charge is 2.18. The molecule has 8 heteroatoms. The maximum atomic E-state index is 13.4. The molecule has 1 amide bonds. The highest BCUT2D eigenvalue weighted by molar-refractivity contribution is 5.95. The third-order valence-electron chi connectivity index (χ3n) is 4.88. The van der Waals surface area contributed by atoms with Crippen LogP contribution in [0.3, 0.4) is 0 Å². The second-order valence-corrected chi connectivity index (χ2v) is 7.03. The van der Waals surface area contributed by atoms with Crippen molar-refractivity contribution < 1.29 is 13.9 Å². The summed E-state index contributed by atoms with van der Waals surface area (Å²) in [5.74, 6) is -0.824.